The molecule has 6 nitrogen and oxygen atoms in total. The van der Waals surface area contributed by atoms with E-state index in [0.29, 0.717) is 6.42 Å². The molecule has 2 bridgehead atoms. The summed E-state index contributed by atoms with van der Waals surface area (Å²) in [4.78, 5) is 34.2. The fourth-order valence-electron chi connectivity index (χ4n) is 2.90. The first kappa shape index (κ1) is 12.6. The molecule has 5 atom stereocenters. The Kier molecular flexibility index (Phi) is 3.11. The van der Waals surface area contributed by atoms with Gasteiger partial charge in [0.1, 0.15) is 6.04 Å². The summed E-state index contributed by atoms with van der Waals surface area (Å²) < 4.78 is 0. The summed E-state index contributed by atoms with van der Waals surface area (Å²) >= 11 is 0. The SMILES string of the molecule is CC(NC(=O)C1C2C=CC(C2)C1C(=O)O)C(N)=O. The summed E-state index contributed by atoms with van der Waals surface area (Å²) in [7, 11) is 0. The second-order valence-electron chi connectivity index (χ2n) is 4.97. The number of aliphatic carboxylic acids is 1. The van der Waals surface area contributed by atoms with E-state index in [1.165, 1.54) is 6.92 Å². The fourth-order valence-corrected chi connectivity index (χ4v) is 2.90. The summed E-state index contributed by atoms with van der Waals surface area (Å²) in [6, 6.07) is -0.782. The quantitative estimate of drug-likeness (QED) is 0.586. The van der Waals surface area contributed by atoms with E-state index in [1.807, 2.05) is 12.2 Å². The van der Waals surface area contributed by atoms with E-state index in [-0.39, 0.29) is 11.8 Å². The molecule has 0 aromatic heterocycles. The predicted molar refractivity (Wildman–Crippen MR) is 62.2 cm³/mol. The Hall–Kier alpha value is -1.85. The van der Waals surface area contributed by atoms with Gasteiger partial charge in [-0.2, -0.15) is 0 Å². The smallest absolute Gasteiger partial charge is 0.307 e. The molecule has 0 aliphatic heterocycles. The molecule has 5 unspecified atom stereocenters. The number of carbonyl (C=O) groups excluding carboxylic acids is 2. The van der Waals surface area contributed by atoms with Crippen LogP contribution in [0, 0.1) is 23.7 Å². The highest BCUT2D eigenvalue weighted by Gasteiger charge is 2.51. The first-order chi connectivity index (χ1) is 8.41. The van der Waals surface area contributed by atoms with Crippen LogP contribution in [-0.2, 0) is 14.4 Å². The van der Waals surface area contributed by atoms with E-state index >= 15 is 0 Å². The van der Waals surface area contributed by atoms with Crippen molar-refractivity contribution >= 4 is 17.8 Å². The van der Waals surface area contributed by atoms with Gasteiger partial charge in [0.15, 0.2) is 0 Å². The van der Waals surface area contributed by atoms with Crippen molar-refractivity contribution in [3.63, 3.8) is 0 Å². The molecular weight excluding hydrogens is 236 g/mol. The van der Waals surface area contributed by atoms with Crippen LogP contribution >= 0.6 is 0 Å². The number of nitrogens with one attached hydrogen (secondary N) is 1. The van der Waals surface area contributed by atoms with Crippen molar-refractivity contribution in [2.75, 3.05) is 0 Å². The van der Waals surface area contributed by atoms with Gasteiger partial charge < -0.3 is 16.2 Å². The van der Waals surface area contributed by atoms with Crippen LogP contribution in [-0.4, -0.2) is 28.9 Å². The number of nitrogens with two attached hydrogens (primary N) is 1. The minimum atomic E-state index is -0.960. The summed E-state index contributed by atoms with van der Waals surface area (Å²) in [6.45, 7) is 1.49. The molecule has 4 N–H and O–H groups in total. The largest absolute Gasteiger partial charge is 0.481 e. The molecule has 0 aromatic carbocycles. The first-order valence-electron chi connectivity index (χ1n) is 5.92. The van der Waals surface area contributed by atoms with Gasteiger partial charge in [0.05, 0.1) is 11.8 Å². The molecule has 0 aromatic rings. The van der Waals surface area contributed by atoms with Crippen LogP contribution in [0.2, 0.25) is 0 Å². The van der Waals surface area contributed by atoms with Crippen LogP contribution in [0.15, 0.2) is 12.2 Å². The monoisotopic (exact) mass is 252 g/mol. The Morgan fingerprint density at radius 2 is 1.83 bits per heavy atom. The van der Waals surface area contributed by atoms with E-state index in [9.17, 15) is 19.5 Å². The zero-order valence-electron chi connectivity index (χ0n) is 10.00. The average molecular weight is 252 g/mol. The number of amides is 2. The second-order valence-corrected chi connectivity index (χ2v) is 4.97. The average Bonchev–Trinajstić information content (AvgIpc) is 2.87. The van der Waals surface area contributed by atoms with Gasteiger partial charge in [-0.25, -0.2) is 0 Å². The highest BCUT2D eigenvalue weighted by Crippen LogP contribution is 2.48. The van der Waals surface area contributed by atoms with E-state index in [4.69, 9.17) is 5.73 Å². The maximum absolute atomic E-state index is 12.0. The molecule has 0 radical (unpaired) electrons. The Balaban J connectivity index is 2.12. The normalized spacial score (nSPS) is 34.3. The molecule has 0 saturated heterocycles. The Morgan fingerprint density at radius 3 is 2.33 bits per heavy atom. The Labute approximate surface area is 104 Å². The van der Waals surface area contributed by atoms with E-state index in [0.717, 1.165) is 0 Å². The molecule has 1 saturated carbocycles. The van der Waals surface area contributed by atoms with Crippen molar-refractivity contribution < 1.29 is 19.5 Å². The number of carbonyl (C=O) groups is 3. The molecular formula is C12H16N2O4. The molecule has 2 aliphatic carbocycles. The van der Waals surface area contributed by atoms with Crippen LogP contribution in [0.4, 0.5) is 0 Å². The maximum Gasteiger partial charge on any atom is 0.307 e. The number of carboxylic acid groups (broad SMARTS) is 1. The standard InChI is InChI=1S/C12H16N2O4/c1-5(10(13)15)14-11(16)8-6-2-3-7(4-6)9(8)12(17)18/h2-3,5-9H,4H2,1H3,(H2,13,15)(H,14,16)(H,17,18). The summed E-state index contributed by atoms with van der Waals surface area (Å²) in [5, 5.41) is 11.7. The molecule has 1 fully saturated rings. The number of rotatable bonds is 4. The lowest BCUT2D eigenvalue weighted by molar-refractivity contribution is -0.148. The maximum atomic E-state index is 12.0. The lowest BCUT2D eigenvalue weighted by atomic mass is 9.82. The zero-order valence-corrected chi connectivity index (χ0v) is 10.00. The lowest BCUT2D eigenvalue weighted by Gasteiger charge is -2.24. The summed E-state index contributed by atoms with van der Waals surface area (Å²) in [6.07, 6.45) is 4.45. The van der Waals surface area contributed by atoms with Crippen molar-refractivity contribution in [2.24, 2.45) is 29.4 Å². The van der Waals surface area contributed by atoms with Crippen LogP contribution in [0.5, 0.6) is 0 Å². The number of hydrogen-bond donors (Lipinski definition) is 3. The molecule has 98 valence electrons. The van der Waals surface area contributed by atoms with Crippen molar-refractivity contribution in [1.29, 1.82) is 0 Å². The minimum Gasteiger partial charge on any atom is -0.481 e. The van der Waals surface area contributed by atoms with Crippen molar-refractivity contribution in [3.05, 3.63) is 12.2 Å². The van der Waals surface area contributed by atoms with Crippen LogP contribution in [0.25, 0.3) is 0 Å². The molecule has 0 spiro atoms. The minimum absolute atomic E-state index is 0.0452. The van der Waals surface area contributed by atoms with Crippen molar-refractivity contribution in [2.45, 2.75) is 19.4 Å². The third kappa shape index (κ3) is 1.98. The zero-order chi connectivity index (χ0) is 13.4. The number of hydrogen-bond acceptors (Lipinski definition) is 3. The van der Waals surface area contributed by atoms with Crippen molar-refractivity contribution in [1.82, 2.24) is 5.32 Å². The number of primary amides is 1. The number of allylic oxidation sites excluding steroid dienone is 2. The summed E-state index contributed by atoms with van der Waals surface area (Å²) in [5.74, 6) is -3.40. The fraction of sp³-hybridized carbons (Fsp3) is 0.583. The highest BCUT2D eigenvalue weighted by molar-refractivity contribution is 5.90. The molecule has 2 amide bonds. The van der Waals surface area contributed by atoms with Gasteiger partial charge in [-0.05, 0) is 25.2 Å². The van der Waals surface area contributed by atoms with E-state index < -0.39 is 35.7 Å². The molecule has 18 heavy (non-hydrogen) atoms. The van der Waals surface area contributed by atoms with Gasteiger partial charge in [-0.3, -0.25) is 14.4 Å². The molecule has 6 heteroatoms. The molecule has 2 aliphatic rings. The lowest BCUT2D eigenvalue weighted by Crippen LogP contribution is -2.48. The van der Waals surface area contributed by atoms with Crippen LogP contribution < -0.4 is 11.1 Å². The Morgan fingerprint density at radius 1 is 1.28 bits per heavy atom. The topological polar surface area (TPSA) is 109 Å². The van der Waals surface area contributed by atoms with Crippen molar-refractivity contribution in [3.8, 4) is 0 Å². The van der Waals surface area contributed by atoms with Crippen LogP contribution in [0.1, 0.15) is 13.3 Å². The van der Waals surface area contributed by atoms with E-state index in [2.05, 4.69) is 5.32 Å². The van der Waals surface area contributed by atoms with Gasteiger partial charge in [-0.15, -0.1) is 0 Å². The predicted octanol–water partition coefficient (Wildman–Crippen LogP) is -0.501. The number of fused-ring (bicyclic) bond motifs is 2. The van der Waals surface area contributed by atoms with E-state index in [1.54, 1.807) is 0 Å². The third-order valence-electron chi connectivity index (χ3n) is 3.83. The molecule has 0 heterocycles. The summed E-state index contributed by atoms with van der Waals surface area (Å²) in [5.41, 5.74) is 5.07. The van der Waals surface area contributed by atoms with Gasteiger partial charge in [0.25, 0.3) is 0 Å². The van der Waals surface area contributed by atoms with Gasteiger partial charge in [0, 0.05) is 0 Å². The highest BCUT2D eigenvalue weighted by atomic mass is 16.4. The molecule has 2 rings (SSSR count). The van der Waals surface area contributed by atoms with Gasteiger partial charge in [-0.1, -0.05) is 12.2 Å². The Bertz CT molecular complexity index is 432. The second kappa shape index (κ2) is 4.44. The van der Waals surface area contributed by atoms with Crippen LogP contribution in [0.3, 0.4) is 0 Å². The first-order valence-corrected chi connectivity index (χ1v) is 5.92. The third-order valence-corrected chi connectivity index (χ3v) is 3.83. The number of carboxylic acids is 1. The van der Waals surface area contributed by atoms with Gasteiger partial charge in [0.2, 0.25) is 11.8 Å². The van der Waals surface area contributed by atoms with Gasteiger partial charge >= 0.3 is 5.97 Å².